The third-order valence-corrected chi connectivity index (χ3v) is 6.63. The summed E-state index contributed by atoms with van der Waals surface area (Å²) in [6.45, 7) is 0. The molecule has 0 fully saturated rings. The van der Waals surface area contributed by atoms with Crippen LogP contribution in [0.2, 0.25) is 0 Å². The van der Waals surface area contributed by atoms with Crippen LogP contribution in [0.25, 0.3) is 0 Å². The number of hydrogen-bond acceptors (Lipinski definition) is 7. The molecule has 2 aliphatic heterocycles. The van der Waals surface area contributed by atoms with Crippen molar-refractivity contribution in [3.05, 3.63) is 52.2 Å². The molecule has 32 heavy (non-hydrogen) atoms. The van der Waals surface area contributed by atoms with E-state index in [2.05, 4.69) is 15.3 Å². The van der Waals surface area contributed by atoms with Gasteiger partial charge in [0.05, 0.1) is 30.4 Å². The van der Waals surface area contributed by atoms with E-state index in [9.17, 15) is 23.2 Å². The van der Waals surface area contributed by atoms with Crippen LogP contribution in [0.4, 0.5) is 19.3 Å². The Morgan fingerprint density at radius 2 is 2.06 bits per heavy atom. The lowest BCUT2D eigenvalue weighted by atomic mass is 10.0. The van der Waals surface area contributed by atoms with Crippen LogP contribution in [0.5, 0.6) is 0 Å². The second-order valence-electron chi connectivity index (χ2n) is 6.85. The number of urea groups is 1. The van der Waals surface area contributed by atoms with Crippen LogP contribution in [0.15, 0.2) is 45.7 Å². The van der Waals surface area contributed by atoms with Gasteiger partial charge in [0.1, 0.15) is 16.7 Å². The van der Waals surface area contributed by atoms with Crippen molar-refractivity contribution in [1.29, 1.82) is 0 Å². The van der Waals surface area contributed by atoms with Crippen LogP contribution in [0, 0.1) is 17.6 Å². The van der Waals surface area contributed by atoms with Crippen LogP contribution in [0.1, 0.15) is 4.88 Å². The molecule has 0 bridgehead atoms. The number of carbonyl (C=O) groups is 3. The van der Waals surface area contributed by atoms with Crippen molar-refractivity contribution in [3.8, 4) is 0 Å². The van der Waals surface area contributed by atoms with Gasteiger partial charge in [-0.15, -0.1) is 11.3 Å². The molecular formula is C20H16F2N5O3S2+. The van der Waals surface area contributed by atoms with Gasteiger partial charge in [-0.05, 0) is 23.6 Å². The minimum Gasteiger partial charge on any atom is -0.323 e. The quantitative estimate of drug-likeness (QED) is 0.687. The number of thioether (sulfide) groups is 1. The van der Waals surface area contributed by atoms with Crippen LogP contribution < -0.4 is 5.32 Å². The number of imide groups is 1. The number of thiophene rings is 1. The molecule has 1 atom stereocenters. The number of anilines is 1. The third-order valence-electron chi connectivity index (χ3n) is 4.73. The number of nitrogens with zero attached hydrogens (tertiary/aromatic N) is 4. The monoisotopic (exact) mass is 476 g/mol. The number of rotatable bonds is 4. The van der Waals surface area contributed by atoms with E-state index in [1.54, 1.807) is 6.07 Å². The normalized spacial score (nSPS) is 18.4. The standard InChI is InChI=1S/C20H15F2N5O3S2/c1-26-17-15(19(29)27(2)20(26)30)18(25-16(24-17)13-4-3-7-31-13)32-9-14(28)23-12-6-5-10(21)8-11(12)22/h3-8,15H,9H2,1-2H3/p+1. The first kappa shape index (κ1) is 22.0. The third kappa shape index (κ3) is 4.10. The van der Waals surface area contributed by atoms with Crippen molar-refractivity contribution in [3.63, 3.8) is 0 Å². The van der Waals surface area contributed by atoms with Gasteiger partial charge < -0.3 is 5.32 Å². The summed E-state index contributed by atoms with van der Waals surface area (Å²) in [5.41, 5.74) is -0.158. The first-order valence-electron chi connectivity index (χ1n) is 9.27. The zero-order valence-corrected chi connectivity index (χ0v) is 18.5. The molecule has 164 valence electrons. The Kier molecular flexibility index (Phi) is 5.98. The molecule has 2 aliphatic rings. The number of amides is 4. The van der Waals surface area contributed by atoms with E-state index in [1.807, 2.05) is 11.4 Å². The molecule has 0 saturated carbocycles. The molecule has 3 heterocycles. The van der Waals surface area contributed by atoms with Crippen LogP contribution >= 0.6 is 23.1 Å². The fourth-order valence-electron chi connectivity index (χ4n) is 3.12. The van der Waals surface area contributed by atoms with Crippen LogP contribution in [-0.4, -0.2) is 63.9 Å². The fraction of sp³-hybridized carbons (Fsp3) is 0.200. The van der Waals surface area contributed by atoms with E-state index in [0.717, 1.165) is 33.7 Å². The van der Waals surface area contributed by atoms with Crippen LogP contribution in [-0.2, 0) is 9.59 Å². The number of nitrogens with one attached hydrogen (secondary N) is 1. The topological polar surface area (TPSA) is 94.2 Å². The molecular weight excluding hydrogens is 460 g/mol. The molecule has 0 spiro atoms. The lowest BCUT2D eigenvalue weighted by Crippen LogP contribution is -2.54. The highest BCUT2D eigenvalue weighted by Crippen LogP contribution is 2.27. The molecule has 0 radical (unpaired) electrons. The summed E-state index contributed by atoms with van der Waals surface area (Å²) in [4.78, 5) is 48.3. The molecule has 1 unspecified atom stereocenters. The molecule has 1 aromatic heterocycles. The van der Waals surface area contributed by atoms with Gasteiger partial charge in [-0.1, -0.05) is 22.8 Å². The fourth-order valence-corrected chi connectivity index (χ4v) is 4.65. The van der Waals surface area contributed by atoms with Gasteiger partial charge in [-0.25, -0.2) is 18.6 Å². The summed E-state index contributed by atoms with van der Waals surface area (Å²) < 4.78 is 28.2. The first-order valence-corrected chi connectivity index (χ1v) is 11.1. The van der Waals surface area contributed by atoms with Crippen molar-refractivity contribution in [2.75, 3.05) is 25.2 Å². The Morgan fingerprint density at radius 3 is 2.75 bits per heavy atom. The molecule has 0 saturated heterocycles. The maximum atomic E-state index is 13.8. The van der Waals surface area contributed by atoms with Gasteiger partial charge in [0, 0.05) is 6.07 Å². The van der Waals surface area contributed by atoms with E-state index in [-0.39, 0.29) is 17.3 Å². The molecule has 12 heteroatoms. The smallest absolute Gasteiger partial charge is 0.323 e. The van der Waals surface area contributed by atoms with Crippen molar-refractivity contribution >= 4 is 63.3 Å². The summed E-state index contributed by atoms with van der Waals surface area (Å²) in [6.07, 6.45) is 0. The molecule has 4 amide bonds. The Labute approximate surface area is 189 Å². The maximum absolute atomic E-state index is 13.8. The largest absolute Gasteiger partial charge is 0.445 e. The minimum absolute atomic E-state index is 0.158. The Hall–Kier alpha value is -3.25. The Bertz CT molecular complexity index is 1220. The van der Waals surface area contributed by atoms with E-state index in [0.29, 0.717) is 16.9 Å². The molecule has 0 aliphatic carbocycles. The highest BCUT2D eigenvalue weighted by molar-refractivity contribution is 8.14. The van der Waals surface area contributed by atoms with Crippen LogP contribution in [0.3, 0.4) is 0 Å². The van der Waals surface area contributed by atoms with E-state index in [4.69, 9.17) is 0 Å². The lowest BCUT2D eigenvalue weighted by molar-refractivity contribution is -0.407. The molecule has 1 N–H and O–H groups in total. The van der Waals surface area contributed by atoms with Gasteiger partial charge in [-0.3, -0.25) is 9.59 Å². The number of carbonyl (C=O) groups excluding carboxylic acids is 3. The minimum atomic E-state index is -0.938. The zero-order chi connectivity index (χ0) is 23.0. The lowest BCUT2D eigenvalue weighted by Gasteiger charge is -2.26. The predicted octanol–water partition coefficient (Wildman–Crippen LogP) is 2.81. The summed E-state index contributed by atoms with van der Waals surface area (Å²) in [5, 5.41) is 4.51. The Morgan fingerprint density at radius 1 is 1.28 bits per heavy atom. The van der Waals surface area contributed by atoms with E-state index < -0.39 is 35.4 Å². The molecule has 1 aromatic carbocycles. The first-order chi connectivity index (χ1) is 15.3. The van der Waals surface area contributed by atoms with Crippen molar-refractivity contribution in [1.82, 2.24) is 4.90 Å². The Balaban J connectivity index is 1.61. The molecule has 4 rings (SSSR count). The van der Waals surface area contributed by atoms with Gasteiger partial charge in [0.2, 0.25) is 11.7 Å². The number of benzene rings is 1. The predicted molar refractivity (Wildman–Crippen MR) is 119 cm³/mol. The van der Waals surface area contributed by atoms with Gasteiger partial charge in [0.25, 0.3) is 5.84 Å². The van der Waals surface area contributed by atoms with Gasteiger partial charge in [0.15, 0.2) is 5.92 Å². The highest BCUT2D eigenvalue weighted by atomic mass is 32.2. The van der Waals surface area contributed by atoms with E-state index >= 15 is 0 Å². The molecule has 8 nitrogen and oxygen atoms in total. The number of fused-ring (bicyclic) bond motifs is 1. The van der Waals surface area contributed by atoms with Crippen molar-refractivity contribution in [2.24, 2.45) is 15.9 Å². The SMILES string of the molecule is CN1C(=O)C2C(SCC(=O)Nc3ccc(F)cc3F)=NC(c3cccs3)=NC2=[N+](C)C1=O. The average Bonchev–Trinajstić information content (AvgIpc) is 3.31. The van der Waals surface area contributed by atoms with Gasteiger partial charge >= 0.3 is 11.9 Å². The van der Waals surface area contributed by atoms with Gasteiger partial charge in [-0.2, -0.15) is 9.48 Å². The number of aliphatic imine (C=N–C) groups is 2. The number of hydrogen-bond donors (Lipinski definition) is 1. The summed E-state index contributed by atoms with van der Waals surface area (Å²) in [6, 6.07) is 5.93. The van der Waals surface area contributed by atoms with Crippen molar-refractivity contribution in [2.45, 2.75) is 0 Å². The number of halogens is 2. The molecule has 2 aromatic rings. The van der Waals surface area contributed by atoms with Crippen molar-refractivity contribution < 1.29 is 27.7 Å². The second kappa shape index (κ2) is 8.71. The summed E-state index contributed by atoms with van der Waals surface area (Å²) in [5.74, 6) is -3.30. The average molecular weight is 477 g/mol. The second-order valence-corrected chi connectivity index (χ2v) is 8.80. The van der Waals surface area contributed by atoms with E-state index in [1.165, 1.54) is 30.0 Å². The highest BCUT2D eigenvalue weighted by Gasteiger charge is 2.49. The summed E-state index contributed by atoms with van der Waals surface area (Å²) in [7, 11) is 2.88. The zero-order valence-electron chi connectivity index (χ0n) is 16.8. The number of amidine groups is 2. The maximum Gasteiger partial charge on any atom is 0.445 e. The summed E-state index contributed by atoms with van der Waals surface area (Å²) >= 11 is 2.38.